The van der Waals surface area contributed by atoms with Gasteiger partial charge in [0.05, 0.1) is 22.0 Å². The minimum atomic E-state index is -4.32. The van der Waals surface area contributed by atoms with Crippen molar-refractivity contribution in [1.29, 1.82) is 0 Å². The van der Waals surface area contributed by atoms with Gasteiger partial charge in [-0.05, 0) is 113 Å². The molecule has 2 saturated heterocycles. The monoisotopic (exact) mass is 684 g/mol. The number of rotatable bonds is 8. The quantitative estimate of drug-likeness (QED) is 0.303. The Labute approximate surface area is 276 Å². The SMILES string of the molecule is CC[C@H]1CCCCN1S(=O)(=O)c1ccc(S(=O)(=O)NC(=O)c2ccc3c(c2)[C@@H]2O[C@H](Cc4ccc(F)cc4)CC[C@H]2C(C)(C)O3)cc1. The van der Waals surface area contributed by atoms with Crippen molar-refractivity contribution in [3.63, 3.8) is 0 Å². The molecule has 3 aliphatic rings. The van der Waals surface area contributed by atoms with Gasteiger partial charge in [-0.3, -0.25) is 4.79 Å². The van der Waals surface area contributed by atoms with E-state index in [9.17, 15) is 26.0 Å². The van der Waals surface area contributed by atoms with E-state index in [1.165, 1.54) is 46.8 Å². The van der Waals surface area contributed by atoms with Crippen LogP contribution >= 0.6 is 0 Å². The molecule has 47 heavy (non-hydrogen) atoms. The molecule has 2 fully saturated rings. The highest BCUT2D eigenvalue weighted by Crippen LogP contribution is 2.51. The van der Waals surface area contributed by atoms with E-state index in [1.54, 1.807) is 24.3 Å². The number of sulfonamides is 2. The molecule has 9 nitrogen and oxygen atoms in total. The van der Waals surface area contributed by atoms with Gasteiger partial charge in [0.2, 0.25) is 10.0 Å². The van der Waals surface area contributed by atoms with Gasteiger partial charge in [-0.1, -0.05) is 25.5 Å². The number of benzene rings is 3. The summed E-state index contributed by atoms with van der Waals surface area (Å²) in [6.45, 7) is 6.41. The number of fused-ring (bicyclic) bond motifs is 3. The van der Waals surface area contributed by atoms with Gasteiger partial charge in [-0.15, -0.1) is 0 Å². The Morgan fingerprint density at radius 2 is 1.64 bits per heavy atom. The molecule has 3 aliphatic heterocycles. The number of halogens is 1. The zero-order valence-electron chi connectivity index (χ0n) is 26.8. The first kappa shape index (κ1) is 33.6. The molecular formula is C35H41FN2O7S2. The summed E-state index contributed by atoms with van der Waals surface area (Å²) in [5, 5.41) is 0. The maximum atomic E-state index is 13.4. The van der Waals surface area contributed by atoms with Crippen LogP contribution in [0.2, 0.25) is 0 Å². The number of hydrogen-bond acceptors (Lipinski definition) is 7. The lowest BCUT2D eigenvalue weighted by Gasteiger charge is -2.49. The molecular weight excluding hydrogens is 644 g/mol. The molecule has 0 spiro atoms. The first-order valence-electron chi connectivity index (χ1n) is 16.2. The van der Waals surface area contributed by atoms with Crippen LogP contribution in [-0.2, 0) is 31.2 Å². The summed E-state index contributed by atoms with van der Waals surface area (Å²) in [4.78, 5) is 13.1. The van der Waals surface area contributed by atoms with Crippen molar-refractivity contribution in [2.24, 2.45) is 5.92 Å². The molecule has 0 bridgehead atoms. The smallest absolute Gasteiger partial charge is 0.265 e. The highest BCUT2D eigenvalue weighted by Gasteiger charge is 2.47. The zero-order valence-corrected chi connectivity index (χ0v) is 28.4. The Hall–Kier alpha value is -3.32. The van der Waals surface area contributed by atoms with Crippen molar-refractivity contribution in [1.82, 2.24) is 9.03 Å². The number of carbonyl (C=O) groups excluding carboxylic acids is 1. The van der Waals surface area contributed by atoms with Crippen molar-refractivity contribution in [2.75, 3.05) is 6.54 Å². The van der Waals surface area contributed by atoms with Crippen molar-refractivity contribution in [2.45, 2.75) is 99.4 Å². The molecule has 0 aliphatic carbocycles. The number of nitrogens with zero attached hydrogens (tertiary/aromatic N) is 1. The fourth-order valence-corrected chi connectivity index (χ4v) is 9.89. The van der Waals surface area contributed by atoms with Crippen LogP contribution in [0.3, 0.4) is 0 Å². The molecule has 252 valence electrons. The first-order valence-corrected chi connectivity index (χ1v) is 19.1. The van der Waals surface area contributed by atoms with Gasteiger partial charge in [0.1, 0.15) is 17.2 Å². The predicted molar refractivity (Wildman–Crippen MR) is 175 cm³/mol. The number of nitrogens with one attached hydrogen (secondary N) is 1. The molecule has 3 aromatic rings. The summed E-state index contributed by atoms with van der Waals surface area (Å²) in [5.74, 6) is -0.569. The Balaban J connectivity index is 1.19. The molecule has 0 radical (unpaired) electrons. The predicted octanol–water partition coefficient (Wildman–Crippen LogP) is 6.15. The van der Waals surface area contributed by atoms with E-state index in [1.807, 2.05) is 20.8 Å². The van der Waals surface area contributed by atoms with Crippen LogP contribution in [0.1, 0.15) is 86.9 Å². The molecule has 0 aromatic heterocycles. The van der Waals surface area contributed by atoms with Gasteiger partial charge >= 0.3 is 0 Å². The molecule has 4 atom stereocenters. The Morgan fingerprint density at radius 3 is 2.34 bits per heavy atom. The van der Waals surface area contributed by atoms with E-state index in [-0.39, 0.29) is 45.3 Å². The van der Waals surface area contributed by atoms with Crippen molar-refractivity contribution in [3.8, 4) is 5.75 Å². The van der Waals surface area contributed by atoms with Crippen LogP contribution < -0.4 is 9.46 Å². The van der Waals surface area contributed by atoms with E-state index in [2.05, 4.69) is 4.72 Å². The summed E-state index contributed by atoms with van der Waals surface area (Å²) < 4.78 is 83.2. The van der Waals surface area contributed by atoms with Crippen LogP contribution in [-0.4, -0.2) is 51.3 Å². The highest BCUT2D eigenvalue weighted by atomic mass is 32.2. The summed E-state index contributed by atoms with van der Waals surface area (Å²) in [7, 11) is -8.11. The average Bonchev–Trinajstić information content (AvgIpc) is 3.05. The zero-order chi connectivity index (χ0) is 33.6. The van der Waals surface area contributed by atoms with Gasteiger partial charge in [0.25, 0.3) is 15.9 Å². The second kappa shape index (κ2) is 12.9. The van der Waals surface area contributed by atoms with E-state index in [0.717, 1.165) is 37.7 Å². The fourth-order valence-electron chi connectivity index (χ4n) is 7.15. The third-order valence-electron chi connectivity index (χ3n) is 9.74. The lowest BCUT2D eigenvalue weighted by Crippen LogP contribution is -2.48. The molecule has 0 saturated carbocycles. The number of ether oxygens (including phenoxy) is 2. The number of carbonyl (C=O) groups is 1. The third-order valence-corrected chi connectivity index (χ3v) is 13.1. The molecule has 3 heterocycles. The number of piperidine rings is 1. The lowest BCUT2D eigenvalue weighted by atomic mass is 9.74. The molecule has 3 aromatic carbocycles. The molecule has 1 amide bonds. The van der Waals surface area contributed by atoms with Gasteiger partial charge < -0.3 is 9.47 Å². The van der Waals surface area contributed by atoms with Crippen LogP contribution in [0.25, 0.3) is 0 Å². The highest BCUT2D eigenvalue weighted by molar-refractivity contribution is 7.90. The summed E-state index contributed by atoms with van der Waals surface area (Å²) >= 11 is 0. The minimum absolute atomic E-state index is 0.00570. The molecule has 6 rings (SSSR count). The normalized spacial score (nSPS) is 24.4. The largest absolute Gasteiger partial charge is 0.487 e. The number of amides is 1. The van der Waals surface area contributed by atoms with E-state index in [4.69, 9.17) is 9.47 Å². The van der Waals surface area contributed by atoms with Gasteiger partial charge in [0, 0.05) is 29.6 Å². The second-order valence-electron chi connectivity index (χ2n) is 13.2. The average molecular weight is 685 g/mol. The van der Waals surface area contributed by atoms with Crippen molar-refractivity contribution >= 4 is 26.0 Å². The third kappa shape index (κ3) is 6.83. The van der Waals surface area contributed by atoms with Crippen LogP contribution in [0.4, 0.5) is 4.39 Å². The van der Waals surface area contributed by atoms with Gasteiger partial charge in [0.15, 0.2) is 0 Å². The van der Waals surface area contributed by atoms with E-state index >= 15 is 0 Å². The van der Waals surface area contributed by atoms with Crippen LogP contribution in [0.15, 0.2) is 76.5 Å². The number of hydrogen-bond donors (Lipinski definition) is 1. The Kier molecular flexibility index (Phi) is 9.25. The van der Waals surface area contributed by atoms with Gasteiger partial charge in [-0.2, -0.15) is 4.31 Å². The lowest BCUT2D eigenvalue weighted by molar-refractivity contribution is -0.149. The summed E-state index contributed by atoms with van der Waals surface area (Å²) in [6.07, 6.45) is 4.95. The van der Waals surface area contributed by atoms with E-state index < -0.39 is 31.6 Å². The molecule has 1 N–H and O–H groups in total. The standard InChI is InChI=1S/C35H41FN2O7S2/c1-4-26-7-5-6-20-38(26)47(42,43)29-16-14-28(15-17-29)46(40,41)37-34(39)24-10-19-32-30(22-24)33-31(35(2,3)45-32)18-13-27(44-33)21-23-8-11-25(36)12-9-23/h8-12,14-17,19,22,26-27,31,33H,4-7,13,18,20-21H2,1-3H3,(H,37,39)/t26-,27-,31+,33-/m0/s1. The van der Waals surface area contributed by atoms with Crippen LogP contribution in [0, 0.1) is 11.7 Å². The fraction of sp³-hybridized carbons (Fsp3) is 0.457. The maximum absolute atomic E-state index is 13.4. The summed E-state index contributed by atoms with van der Waals surface area (Å²) in [5.41, 5.74) is 1.22. The first-order chi connectivity index (χ1) is 22.3. The molecule has 0 unspecified atom stereocenters. The topological polar surface area (TPSA) is 119 Å². The van der Waals surface area contributed by atoms with Gasteiger partial charge in [-0.25, -0.2) is 25.9 Å². The second-order valence-corrected chi connectivity index (χ2v) is 16.8. The Bertz CT molecular complexity index is 1850. The maximum Gasteiger partial charge on any atom is 0.265 e. The van der Waals surface area contributed by atoms with Crippen molar-refractivity contribution in [3.05, 3.63) is 89.2 Å². The van der Waals surface area contributed by atoms with Crippen LogP contribution in [0.5, 0.6) is 5.75 Å². The summed E-state index contributed by atoms with van der Waals surface area (Å²) in [6, 6.07) is 16.0. The molecule has 12 heteroatoms. The Morgan fingerprint density at radius 1 is 0.936 bits per heavy atom. The minimum Gasteiger partial charge on any atom is -0.487 e. The van der Waals surface area contributed by atoms with E-state index in [0.29, 0.717) is 30.7 Å². The van der Waals surface area contributed by atoms with Crippen molar-refractivity contribution < 1.29 is 35.5 Å².